The summed E-state index contributed by atoms with van der Waals surface area (Å²) in [5.41, 5.74) is 10.9. The molecule has 0 heterocycles. The molecule has 0 saturated heterocycles. The molecule has 0 aliphatic carbocycles. The van der Waals surface area contributed by atoms with Gasteiger partial charge < -0.3 is 16.4 Å². The molecule has 5 nitrogen and oxygen atoms in total. The van der Waals surface area contributed by atoms with Crippen LogP contribution in [0.5, 0.6) is 0 Å². The standard InChI is InChI=1S/C17H37N5.ClH/c1-3-4-5-6-7-8-9-10-11-12-13-14-15-22(2)17(20)21-16(18)19;/h3-15H2,1-2H3,(H5,18,19,20,21);1H. The molecule has 138 valence electrons. The van der Waals surface area contributed by atoms with Crippen molar-refractivity contribution in [2.75, 3.05) is 13.6 Å². The number of nitrogens with one attached hydrogen (secondary N) is 1. The Hall–Kier alpha value is -0.970. The number of guanidine groups is 2. The van der Waals surface area contributed by atoms with Crippen LogP contribution in [0.2, 0.25) is 0 Å². The van der Waals surface area contributed by atoms with Gasteiger partial charge in [0, 0.05) is 13.6 Å². The summed E-state index contributed by atoms with van der Waals surface area (Å²) in [6.45, 7) is 3.14. The quantitative estimate of drug-likeness (QED) is 0.264. The van der Waals surface area contributed by atoms with Crippen LogP contribution in [0.3, 0.4) is 0 Å². The van der Waals surface area contributed by atoms with Gasteiger partial charge >= 0.3 is 0 Å². The number of nitrogens with two attached hydrogens (primary N) is 2. The summed E-state index contributed by atoms with van der Waals surface area (Å²) in [4.78, 5) is 5.59. The van der Waals surface area contributed by atoms with Crippen LogP contribution in [0.4, 0.5) is 0 Å². The molecule has 0 radical (unpaired) electrons. The molecule has 0 spiro atoms. The molecule has 0 saturated carbocycles. The van der Waals surface area contributed by atoms with Crippen LogP contribution in [0.1, 0.15) is 84.0 Å². The Morgan fingerprint density at radius 2 is 1.22 bits per heavy atom. The molecule has 0 aromatic carbocycles. The Morgan fingerprint density at radius 3 is 1.61 bits per heavy atom. The number of aliphatic imine (C=N–C) groups is 1. The Bertz CT molecular complexity index is 307. The normalized spacial score (nSPS) is 11.1. The molecule has 6 heteroatoms. The minimum Gasteiger partial charge on any atom is -0.369 e. The second-order valence-corrected chi connectivity index (χ2v) is 6.17. The smallest absolute Gasteiger partial charge is 0.215 e. The van der Waals surface area contributed by atoms with Crippen LogP contribution in [0, 0.1) is 5.41 Å². The lowest BCUT2D eigenvalue weighted by atomic mass is 10.1. The lowest BCUT2D eigenvalue weighted by Crippen LogP contribution is -2.36. The van der Waals surface area contributed by atoms with E-state index in [4.69, 9.17) is 16.9 Å². The van der Waals surface area contributed by atoms with E-state index >= 15 is 0 Å². The second kappa shape index (κ2) is 17.4. The third-order valence-electron chi connectivity index (χ3n) is 3.97. The predicted octanol–water partition coefficient (Wildman–Crippen LogP) is 4.25. The average Bonchev–Trinajstić information content (AvgIpc) is 2.47. The molecule has 0 aliphatic rings. The van der Waals surface area contributed by atoms with Crippen molar-refractivity contribution in [1.29, 1.82) is 5.41 Å². The van der Waals surface area contributed by atoms with Crippen molar-refractivity contribution in [3.05, 3.63) is 0 Å². The van der Waals surface area contributed by atoms with E-state index in [0.29, 0.717) is 5.96 Å². The summed E-state index contributed by atoms with van der Waals surface area (Å²) in [6.07, 6.45) is 16.1. The van der Waals surface area contributed by atoms with Gasteiger partial charge in [-0.2, -0.15) is 4.99 Å². The fourth-order valence-corrected chi connectivity index (χ4v) is 2.51. The van der Waals surface area contributed by atoms with Crippen molar-refractivity contribution in [3.63, 3.8) is 0 Å². The highest BCUT2D eigenvalue weighted by atomic mass is 35.5. The third kappa shape index (κ3) is 17.2. The van der Waals surface area contributed by atoms with Crippen molar-refractivity contribution >= 4 is 24.3 Å². The van der Waals surface area contributed by atoms with Gasteiger partial charge in [0.2, 0.25) is 5.96 Å². The van der Waals surface area contributed by atoms with Crippen LogP contribution < -0.4 is 11.5 Å². The van der Waals surface area contributed by atoms with E-state index in [0.717, 1.165) is 13.0 Å². The molecule has 0 aromatic heterocycles. The largest absolute Gasteiger partial charge is 0.369 e. The molecule has 0 aromatic rings. The first kappa shape index (κ1) is 24.3. The van der Waals surface area contributed by atoms with Gasteiger partial charge in [-0.25, -0.2) is 0 Å². The molecular weight excluding hydrogens is 310 g/mol. The number of unbranched alkanes of at least 4 members (excludes halogenated alkanes) is 11. The lowest BCUT2D eigenvalue weighted by molar-refractivity contribution is 0.460. The molecule has 0 amide bonds. The molecule has 0 aliphatic heterocycles. The second-order valence-electron chi connectivity index (χ2n) is 6.17. The molecular formula is C17H38ClN5. The summed E-state index contributed by atoms with van der Waals surface area (Å²) in [7, 11) is 1.89. The fraction of sp³-hybridized carbons (Fsp3) is 0.882. The lowest BCUT2D eigenvalue weighted by Gasteiger charge is -2.17. The SMILES string of the molecule is CCCCCCCCCCCCCCN(C)/C(N)=N/C(=N)N.Cl. The average molecular weight is 348 g/mol. The van der Waals surface area contributed by atoms with Gasteiger partial charge in [0.25, 0.3) is 0 Å². The maximum Gasteiger partial charge on any atom is 0.215 e. The van der Waals surface area contributed by atoms with Crippen molar-refractivity contribution in [2.45, 2.75) is 84.0 Å². The first-order chi connectivity index (χ1) is 10.6. The van der Waals surface area contributed by atoms with E-state index in [9.17, 15) is 0 Å². The van der Waals surface area contributed by atoms with Crippen molar-refractivity contribution in [1.82, 2.24) is 4.90 Å². The highest BCUT2D eigenvalue weighted by Gasteiger charge is 2.01. The number of hydrogen-bond acceptors (Lipinski definition) is 1. The van der Waals surface area contributed by atoms with E-state index in [1.54, 1.807) is 0 Å². The van der Waals surface area contributed by atoms with Crippen LogP contribution in [-0.2, 0) is 0 Å². The maximum atomic E-state index is 7.07. The van der Waals surface area contributed by atoms with Crippen LogP contribution >= 0.6 is 12.4 Å². The van der Waals surface area contributed by atoms with Crippen LogP contribution in [-0.4, -0.2) is 30.4 Å². The fourth-order valence-electron chi connectivity index (χ4n) is 2.51. The van der Waals surface area contributed by atoms with Crippen molar-refractivity contribution < 1.29 is 0 Å². The summed E-state index contributed by atoms with van der Waals surface area (Å²) in [5.74, 6) is 0.0922. The van der Waals surface area contributed by atoms with E-state index in [2.05, 4.69) is 11.9 Å². The maximum absolute atomic E-state index is 7.07. The first-order valence-corrected chi connectivity index (χ1v) is 8.97. The topological polar surface area (TPSA) is 91.5 Å². The van der Waals surface area contributed by atoms with Crippen LogP contribution in [0.15, 0.2) is 4.99 Å². The molecule has 0 rings (SSSR count). The van der Waals surface area contributed by atoms with E-state index in [-0.39, 0.29) is 18.4 Å². The summed E-state index contributed by atoms with van der Waals surface area (Å²) >= 11 is 0. The van der Waals surface area contributed by atoms with E-state index in [1.807, 2.05) is 11.9 Å². The van der Waals surface area contributed by atoms with Gasteiger partial charge in [-0.1, -0.05) is 77.6 Å². The van der Waals surface area contributed by atoms with Crippen molar-refractivity contribution in [2.24, 2.45) is 16.5 Å². The number of nitrogens with zero attached hydrogens (tertiary/aromatic N) is 2. The summed E-state index contributed by atoms with van der Waals surface area (Å²) in [6, 6.07) is 0. The number of rotatable bonds is 13. The molecule has 0 unspecified atom stereocenters. The molecule has 5 N–H and O–H groups in total. The van der Waals surface area contributed by atoms with Gasteiger partial charge in [-0.15, -0.1) is 12.4 Å². The highest BCUT2D eigenvalue weighted by molar-refractivity contribution is 5.91. The van der Waals surface area contributed by atoms with E-state index < -0.39 is 0 Å². The third-order valence-corrected chi connectivity index (χ3v) is 3.97. The summed E-state index contributed by atoms with van der Waals surface area (Å²) in [5, 5.41) is 7.07. The van der Waals surface area contributed by atoms with Gasteiger partial charge in [-0.3, -0.25) is 5.41 Å². The molecule has 0 fully saturated rings. The Morgan fingerprint density at radius 1 is 0.826 bits per heavy atom. The molecule has 0 atom stereocenters. The summed E-state index contributed by atoms with van der Waals surface area (Å²) < 4.78 is 0. The Balaban J connectivity index is 0. The number of halogens is 1. The first-order valence-electron chi connectivity index (χ1n) is 8.97. The van der Waals surface area contributed by atoms with Gasteiger partial charge in [0.15, 0.2) is 5.96 Å². The highest BCUT2D eigenvalue weighted by Crippen LogP contribution is 2.11. The minimum absolute atomic E-state index is 0. The molecule has 23 heavy (non-hydrogen) atoms. The zero-order chi connectivity index (χ0) is 16.6. The molecule has 0 bridgehead atoms. The minimum atomic E-state index is -0.237. The predicted molar refractivity (Wildman–Crippen MR) is 104 cm³/mol. The Kier molecular flexibility index (Phi) is 18.4. The zero-order valence-corrected chi connectivity index (χ0v) is 16.0. The zero-order valence-electron chi connectivity index (χ0n) is 15.1. The van der Waals surface area contributed by atoms with Gasteiger partial charge in [-0.05, 0) is 6.42 Å². The monoisotopic (exact) mass is 347 g/mol. The van der Waals surface area contributed by atoms with Gasteiger partial charge in [0.1, 0.15) is 0 Å². The van der Waals surface area contributed by atoms with E-state index in [1.165, 1.54) is 70.6 Å². The Labute approximate surface area is 149 Å². The number of hydrogen-bond donors (Lipinski definition) is 3. The van der Waals surface area contributed by atoms with Crippen molar-refractivity contribution in [3.8, 4) is 0 Å². The van der Waals surface area contributed by atoms with Crippen LogP contribution in [0.25, 0.3) is 0 Å². The van der Waals surface area contributed by atoms with Gasteiger partial charge in [0.05, 0.1) is 0 Å².